The summed E-state index contributed by atoms with van der Waals surface area (Å²) in [6.07, 6.45) is 2.78. The van der Waals surface area contributed by atoms with E-state index < -0.39 is 9.84 Å². The summed E-state index contributed by atoms with van der Waals surface area (Å²) in [5.41, 5.74) is 8.95. The fraction of sp³-hybridized carbons (Fsp3) is 0.571. The van der Waals surface area contributed by atoms with Gasteiger partial charge in [-0.05, 0) is 43.0 Å². The average molecular weight is 282 g/mol. The zero-order valence-electron chi connectivity index (χ0n) is 11.4. The highest BCUT2D eigenvalue weighted by Gasteiger charge is 2.19. The van der Waals surface area contributed by atoms with Crippen molar-refractivity contribution in [3.8, 4) is 0 Å². The molecule has 0 fully saturated rings. The Morgan fingerprint density at radius 1 is 1.32 bits per heavy atom. The van der Waals surface area contributed by atoms with E-state index in [1.165, 1.54) is 5.56 Å². The average Bonchev–Trinajstić information content (AvgIpc) is 2.36. The molecule has 1 aliphatic heterocycles. The molecule has 0 atom stereocenters. The maximum Gasteiger partial charge on any atom is 0.152 e. The van der Waals surface area contributed by atoms with Crippen molar-refractivity contribution in [1.29, 1.82) is 0 Å². The molecule has 0 amide bonds. The van der Waals surface area contributed by atoms with E-state index in [1.54, 1.807) is 0 Å². The zero-order valence-corrected chi connectivity index (χ0v) is 12.2. The predicted octanol–water partition coefficient (Wildman–Crippen LogP) is 1.85. The number of nitrogen functional groups attached to an aromatic ring is 1. The molecule has 0 bridgehead atoms. The van der Waals surface area contributed by atoms with Crippen LogP contribution in [0.1, 0.15) is 25.3 Å². The molecule has 1 heterocycles. The lowest BCUT2D eigenvalue weighted by atomic mass is 10.0. The quantitative estimate of drug-likeness (QED) is 0.837. The van der Waals surface area contributed by atoms with Gasteiger partial charge in [-0.1, -0.05) is 6.92 Å². The van der Waals surface area contributed by atoms with Gasteiger partial charge in [0.1, 0.15) is 0 Å². The van der Waals surface area contributed by atoms with Crippen molar-refractivity contribution in [3.63, 3.8) is 0 Å². The summed E-state index contributed by atoms with van der Waals surface area (Å²) in [6.45, 7) is 3.41. The lowest BCUT2D eigenvalue weighted by Crippen LogP contribution is -2.34. The summed E-state index contributed by atoms with van der Waals surface area (Å²) >= 11 is 0. The van der Waals surface area contributed by atoms with E-state index >= 15 is 0 Å². The van der Waals surface area contributed by atoms with Gasteiger partial charge in [0.15, 0.2) is 9.84 Å². The van der Waals surface area contributed by atoms with Crippen LogP contribution >= 0.6 is 0 Å². The van der Waals surface area contributed by atoms with Crippen molar-refractivity contribution in [2.75, 3.05) is 35.2 Å². The third kappa shape index (κ3) is 3.62. The topological polar surface area (TPSA) is 63.4 Å². The molecule has 0 saturated heterocycles. The molecular weight excluding hydrogens is 260 g/mol. The molecule has 5 heteroatoms. The number of nitrogens with two attached hydrogens (primary N) is 1. The Kier molecular flexibility index (Phi) is 4.34. The molecule has 0 spiro atoms. The summed E-state index contributed by atoms with van der Waals surface area (Å²) in [6, 6.07) is 5.90. The van der Waals surface area contributed by atoms with Crippen LogP contribution in [-0.4, -0.2) is 33.0 Å². The van der Waals surface area contributed by atoms with Crippen LogP contribution in [0.25, 0.3) is 0 Å². The Morgan fingerprint density at radius 3 is 2.84 bits per heavy atom. The van der Waals surface area contributed by atoms with E-state index in [1.807, 2.05) is 25.1 Å². The monoisotopic (exact) mass is 282 g/mol. The van der Waals surface area contributed by atoms with Crippen molar-refractivity contribution >= 4 is 21.2 Å². The van der Waals surface area contributed by atoms with Crippen LogP contribution in [0.2, 0.25) is 0 Å². The minimum atomic E-state index is -2.91. The van der Waals surface area contributed by atoms with Gasteiger partial charge < -0.3 is 10.6 Å². The number of hydrogen-bond acceptors (Lipinski definition) is 4. The van der Waals surface area contributed by atoms with Crippen LogP contribution in [0.3, 0.4) is 0 Å². The number of sulfone groups is 1. The Labute approximate surface area is 115 Å². The lowest BCUT2D eigenvalue weighted by molar-refractivity contribution is 0.591. The molecule has 0 radical (unpaired) electrons. The van der Waals surface area contributed by atoms with Crippen molar-refractivity contribution in [3.05, 3.63) is 23.8 Å². The molecular formula is C14H22N2O2S. The molecule has 1 aromatic carbocycles. The third-order valence-corrected chi connectivity index (χ3v) is 5.34. The van der Waals surface area contributed by atoms with Gasteiger partial charge in [0, 0.05) is 30.2 Å². The fourth-order valence-electron chi connectivity index (χ4n) is 2.59. The fourth-order valence-corrected chi connectivity index (χ4v) is 3.91. The molecule has 0 unspecified atom stereocenters. The van der Waals surface area contributed by atoms with Crippen LogP contribution in [-0.2, 0) is 16.3 Å². The van der Waals surface area contributed by atoms with E-state index in [0.717, 1.165) is 30.8 Å². The third-order valence-electron chi connectivity index (χ3n) is 3.51. The summed E-state index contributed by atoms with van der Waals surface area (Å²) in [5.74, 6) is 0.528. The molecule has 2 rings (SSSR count). The van der Waals surface area contributed by atoms with Gasteiger partial charge in [-0.25, -0.2) is 8.42 Å². The van der Waals surface area contributed by atoms with E-state index in [0.29, 0.717) is 13.0 Å². The number of benzene rings is 1. The first-order valence-corrected chi connectivity index (χ1v) is 8.68. The van der Waals surface area contributed by atoms with Gasteiger partial charge in [0.25, 0.3) is 0 Å². The Hall–Kier alpha value is -1.23. The second-order valence-corrected chi connectivity index (χ2v) is 7.43. The summed E-state index contributed by atoms with van der Waals surface area (Å²) in [5, 5.41) is 0. The maximum atomic E-state index is 11.8. The number of nitrogens with zero attached hydrogens (tertiary/aromatic N) is 1. The van der Waals surface area contributed by atoms with Gasteiger partial charge in [-0.3, -0.25) is 0 Å². The van der Waals surface area contributed by atoms with Crippen LogP contribution in [0.4, 0.5) is 11.4 Å². The Morgan fingerprint density at radius 2 is 2.11 bits per heavy atom. The largest absolute Gasteiger partial charge is 0.399 e. The number of anilines is 2. The predicted molar refractivity (Wildman–Crippen MR) is 80.3 cm³/mol. The molecule has 2 N–H and O–H groups in total. The first-order chi connectivity index (χ1) is 9.02. The molecule has 4 nitrogen and oxygen atoms in total. The van der Waals surface area contributed by atoms with Crippen LogP contribution in [0.5, 0.6) is 0 Å². The molecule has 0 aliphatic carbocycles. The summed E-state index contributed by atoms with van der Waals surface area (Å²) < 4.78 is 23.6. The van der Waals surface area contributed by atoms with Gasteiger partial charge in [0.2, 0.25) is 0 Å². The van der Waals surface area contributed by atoms with E-state index in [9.17, 15) is 8.42 Å². The summed E-state index contributed by atoms with van der Waals surface area (Å²) in [4.78, 5) is 2.17. The smallest absolute Gasteiger partial charge is 0.152 e. The zero-order chi connectivity index (χ0) is 13.9. The standard InChI is InChI=1S/C14H22N2O2S/c1-2-9-19(17,18)10-8-16-7-3-4-12-11-13(15)5-6-14(12)16/h5-6,11H,2-4,7-10,15H2,1H3. The molecule has 106 valence electrons. The van der Waals surface area contributed by atoms with Crippen molar-refractivity contribution in [2.24, 2.45) is 0 Å². The van der Waals surface area contributed by atoms with E-state index in [-0.39, 0.29) is 11.5 Å². The SMILES string of the molecule is CCCS(=O)(=O)CCN1CCCc2cc(N)ccc21. The van der Waals surface area contributed by atoms with Crippen LogP contribution < -0.4 is 10.6 Å². The van der Waals surface area contributed by atoms with E-state index in [2.05, 4.69) is 4.90 Å². The Balaban J connectivity index is 2.08. The highest BCUT2D eigenvalue weighted by molar-refractivity contribution is 7.91. The maximum absolute atomic E-state index is 11.8. The van der Waals surface area contributed by atoms with Gasteiger partial charge >= 0.3 is 0 Å². The summed E-state index contributed by atoms with van der Waals surface area (Å²) in [7, 11) is -2.91. The normalized spacial score (nSPS) is 15.3. The van der Waals surface area contributed by atoms with Crippen LogP contribution in [0.15, 0.2) is 18.2 Å². The molecule has 1 aromatic rings. The number of aryl methyl sites for hydroxylation is 1. The molecule has 19 heavy (non-hydrogen) atoms. The molecule has 0 saturated carbocycles. The van der Waals surface area contributed by atoms with Crippen molar-refractivity contribution in [1.82, 2.24) is 0 Å². The number of rotatable bonds is 5. The van der Waals surface area contributed by atoms with Crippen molar-refractivity contribution in [2.45, 2.75) is 26.2 Å². The minimum absolute atomic E-state index is 0.241. The number of fused-ring (bicyclic) bond motifs is 1. The van der Waals surface area contributed by atoms with Gasteiger partial charge in [-0.15, -0.1) is 0 Å². The van der Waals surface area contributed by atoms with E-state index in [4.69, 9.17) is 5.73 Å². The molecule has 1 aliphatic rings. The minimum Gasteiger partial charge on any atom is -0.399 e. The highest BCUT2D eigenvalue weighted by atomic mass is 32.2. The first kappa shape index (κ1) is 14.2. The first-order valence-electron chi connectivity index (χ1n) is 6.85. The lowest BCUT2D eigenvalue weighted by Gasteiger charge is -2.31. The molecule has 0 aromatic heterocycles. The second kappa shape index (κ2) is 5.82. The Bertz CT molecular complexity index is 540. The van der Waals surface area contributed by atoms with Gasteiger partial charge in [-0.2, -0.15) is 0 Å². The van der Waals surface area contributed by atoms with Crippen LogP contribution in [0, 0.1) is 0 Å². The highest BCUT2D eigenvalue weighted by Crippen LogP contribution is 2.28. The second-order valence-electron chi connectivity index (χ2n) is 5.13. The van der Waals surface area contributed by atoms with Crippen molar-refractivity contribution < 1.29 is 8.42 Å². The number of hydrogen-bond donors (Lipinski definition) is 1. The van der Waals surface area contributed by atoms with Gasteiger partial charge in [0.05, 0.1) is 5.75 Å².